The molecule has 2 N–H and O–H groups in total. The van der Waals surface area contributed by atoms with Crippen molar-refractivity contribution in [1.29, 1.82) is 0 Å². The number of halogens is 1. The van der Waals surface area contributed by atoms with Crippen LogP contribution in [0.5, 0.6) is 0 Å². The second kappa shape index (κ2) is 9.00. The molecular formula is C20H28BrNO3S. The van der Waals surface area contributed by atoms with Crippen LogP contribution >= 0.6 is 15.9 Å². The van der Waals surface area contributed by atoms with Crippen molar-refractivity contribution in [3.8, 4) is 0 Å². The molecule has 6 heteroatoms. The molecule has 2 saturated carbocycles. The lowest BCUT2D eigenvalue weighted by atomic mass is 9.79. The van der Waals surface area contributed by atoms with Gasteiger partial charge in [-0.15, -0.1) is 0 Å². The minimum Gasteiger partial charge on any atom is -0.396 e. The minimum atomic E-state index is -3.46. The molecule has 26 heavy (non-hydrogen) atoms. The Morgan fingerprint density at radius 1 is 1.15 bits per heavy atom. The van der Waals surface area contributed by atoms with Crippen LogP contribution in [0.1, 0.15) is 38.5 Å². The summed E-state index contributed by atoms with van der Waals surface area (Å²) in [7, 11) is -3.46. The van der Waals surface area contributed by atoms with Gasteiger partial charge in [-0.1, -0.05) is 28.1 Å². The highest BCUT2D eigenvalue weighted by atomic mass is 79.9. The van der Waals surface area contributed by atoms with Gasteiger partial charge in [-0.3, -0.25) is 0 Å². The van der Waals surface area contributed by atoms with E-state index in [2.05, 4.69) is 32.8 Å². The summed E-state index contributed by atoms with van der Waals surface area (Å²) in [6, 6.07) is 6.77. The summed E-state index contributed by atoms with van der Waals surface area (Å²) in [5.74, 6) is 2.22. The molecule has 3 rings (SSSR count). The van der Waals surface area contributed by atoms with E-state index in [9.17, 15) is 8.42 Å². The Balaban J connectivity index is 1.61. The fourth-order valence-corrected chi connectivity index (χ4v) is 5.93. The molecule has 2 bridgehead atoms. The molecule has 0 radical (unpaired) electrons. The highest BCUT2D eigenvalue weighted by Gasteiger charge is 2.46. The third kappa shape index (κ3) is 4.77. The Bertz CT molecular complexity index is 717. The predicted molar refractivity (Wildman–Crippen MR) is 107 cm³/mol. The summed E-state index contributed by atoms with van der Waals surface area (Å²) >= 11 is 3.34. The fourth-order valence-electron chi connectivity index (χ4n) is 4.59. The maximum Gasteiger partial charge on any atom is 0.240 e. The van der Waals surface area contributed by atoms with Gasteiger partial charge in [0.25, 0.3) is 0 Å². The molecule has 1 aromatic rings. The van der Waals surface area contributed by atoms with Crippen molar-refractivity contribution >= 4 is 26.0 Å². The lowest BCUT2D eigenvalue weighted by Crippen LogP contribution is -2.35. The Morgan fingerprint density at radius 2 is 1.88 bits per heavy atom. The average molecular weight is 442 g/mol. The van der Waals surface area contributed by atoms with Crippen LogP contribution in [0.15, 0.2) is 45.8 Å². The van der Waals surface area contributed by atoms with E-state index in [1.807, 2.05) is 0 Å². The number of benzene rings is 1. The first-order chi connectivity index (χ1) is 12.5. The summed E-state index contributed by atoms with van der Waals surface area (Å²) in [6.45, 7) is 0.771. The largest absolute Gasteiger partial charge is 0.396 e. The molecule has 2 aliphatic carbocycles. The van der Waals surface area contributed by atoms with Gasteiger partial charge >= 0.3 is 0 Å². The van der Waals surface area contributed by atoms with Crippen molar-refractivity contribution in [3.05, 3.63) is 40.9 Å². The molecular weight excluding hydrogens is 414 g/mol. The van der Waals surface area contributed by atoms with Crippen LogP contribution in [0.25, 0.3) is 0 Å². The average Bonchev–Trinajstić information content (AvgIpc) is 3.22. The number of rotatable bonds is 9. The van der Waals surface area contributed by atoms with Gasteiger partial charge in [-0.2, -0.15) is 0 Å². The van der Waals surface area contributed by atoms with Crippen LogP contribution in [-0.4, -0.2) is 26.7 Å². The van der Waals surface area contributed by atoms with E-state index in [4.69, 9.17) is 5.11 Å². The number of hydrogen-bond acceptors (Lipinski definition) is 3. The van der Waals surface area contributed by atoms with Gasteiger partial charge in [0, 0.05) is 17.6 Å². The van der Waals surface area contributed by atoms with Crippen molar-refractivity contribution in [2.45, 2.75) is 43.4 Å². The quantitative estimate of drug-likeness (QED) is 0.447. The van der Waals surface area contributed by atoms with Gasteiger partial charge in [-0.05, 0) is 86.5 Å². The van der Waals surface area contributed by atoms with Gasteiger partial charge in [0.2, 0.25) is 10.0 Å². The summed E-state index contributed by atoms with van der Waals surface area (Å²) in [5, 5.41) is 8.87. The molecule has 2 aliphatic rings. The van der Waals surface area contributed by atoms with E-state index in [1.54, 1.807) is 24.3 Å². The molecule has 4 atom stereocenters. The Morgan fingerprint density at radius 3 is 2.62 bits per heavy atom. The van der Waals surface area contributed by atoms with E-state index < -0.39 is 10.0 Å². The number of sulfonamides is 1. The lowest BCUT2D eigenvalue weighted by Gasteiger charge is -2.29. The molecule has 0 saturated heterocycles. The van der Waals surface area contributed by atoms with Crippen LogP contribution in [0.2, 0.25) is 0 Å². The minimum absolute atomic E-state index is 0.252. The van der Waals surface area contributed by atoms with Gasteiger partial charge in [0.15, 0.2) is 0 Å². The molecule has 0 amide bonds. The standard InChI is InChI=1S/C20H28BrNO3S/c21-17-8-10-18(11-9-17)26(24,25)22-14-20-16-7-6-15(13-16)19(20)5-3-1-2-4-12-23/h3,5,8-11,15-16,19-20,22-23H,1-2,4,6-7,12-14H2/b5-3-/t15-,16+,19+,20+/m0/s1. The van der Waals surface area contributed by atoms with Crippen molar-refractivity contribution in [2.24, 2.45) is 23.7 Å². The Labute approximate surface area is 165 Å². The van der Waals surface area contributed by atoms with Crippen LogP contribution in [0.3, 0.4) is 0 Å². The lowest BCUT2D eigenvalue weighted by molar-refractivity contribution is 0.266. The first-order valence-electron chi connectivity index (χ1n) is 9.54. The number of allylic oxidation sites excluding steroid dienone is 2. The van der Waals surface area contributed by atoms with Crippen molar-refractivity contribution < 1.29 is 13.5 Å². The van der Waals surface area contributed by atoms with E-state index in [-0.39, 0.29) is 6.61 Å². The first-order valence-corrected chi connectivity index (χ1v) is 11.8. The summed E-state index contributed by atoms with van der Waals surface area (Å²) in [6.07, 6.45) is 11.1. The van der Waals surface area contributed by atoms with Crippen LogP contribution < -0.4 is 4.72 Å². The second-order valence-corrected chi connectivity index (χ2v) is 10.2. The third-order valence-corrected chi connectivity index (χ3v) is 7.90. The maximum absolute atomic E-state index is 12.6. The van der Waals surface area contributed by atoms with Crippen LogP contribution in [-0.2, 0) is 10.0 Å². The number of unbranched alkanes of at least 4 members (excludes halogenated alkanes) is 2. The molecule has 2 fully saturated rings. The summed E-state index contributed by atoms with van der Waals surface area (Å²) in [4.78, 5) is 0.319. The van der Waals surface area contributed by atoms with Gasteiger partial charge in [0.05, 0.1) is 4.90 Å². The zero-order valence-electron chi connectivity index (χ0n) is 15.0. The van der Waals surface area contributed by atoms with Gasteiger partial charge < -0.3 is 5.11 Å². The Hall–Kier alpha value is -0.690. The van der Waals surface area contributed by atoms with E-state index in [0.29, 0.717) is 35.1 Å². The topological polar surface area (TPSA) is 66.4 Å². The number of aliphatic hydroxyl groups excluding tert-OH is 1. The normalized spacial score (nSPS) is 28.2. The molecule has 0 spiro atoms. The number of nitrogens with one attached hydrogen (secondary N) is 1. The molecule has 4 nitrogen and oxygen atoms in total. The van der Waals surface area contributed by atoms with E-state index in [1.165, 1.54) is 19.3 Å². The molecule has 0 aliphatic heterocycles. The number of hydrogen-bond donors (Lipinski definition) is 2. The molecule has 1 aromatic carbocycles. The summed E-state index contributed by atoms with van der Waals surface area (Å²) < 4.78 is 28.9. The molecule has 0 aromatic heterocycles. The van der Waals surface area contributed by atoms with E-state index in [0.717, 1.165) is 23.7 Å². The van der Waals surface area contributed by atoms with Crippen molar-refractivity contribution in [3.63, 3.8) is 0 Å². The molecule has 0 heterocycles. The SMILES string of the molecule is O=S(=O)(NC[C@@H]1[C@@H]2CC[C@@H](C2)[C@H]1/C=C\CCCCO)c1ccc(Br)cc1. The van der Waals surface area contributed by atoms with E-state index >= 15 is 0 Å². The fraction of sp³-hybridized carbons (Fsp3) is 0.600. The zero-order valence-corrected chi connectivity index (χ0v) is 17.4. The highest BCUT2D eigenvalue weighted by molar-refractivity contribution is 9.10. The first kappa shape index (κ1) is 20.1. The number of fused-ring (bicyclic) bond motifs is 2. The van der Waals surface area contributed by atoms with Crippen molar-refractivity contribution in [1.82, 2.24) is 4.72 Å². The summed E-state index contributed by atoms with van der Waals surface area (Å²) in [5.41, 5.74) is 0. The third-order valence-electron chi connectivity index (χ3n) is 5.93. The monoisotopic (exact) mass is 441 g/mol. The maximum atomic E-state index is 12.6. The zero-order chi connectivity index (χ0) is 18.6. The number of aliphatic hydroxyl groups is 1. The van der Waals surface area contributed by atoms with Crippen LogP contribution in [0.4, 0.5) is 0 Å². The van der Waals surface area contributed by atoms with Crippen LogP contribution in [0, 0.1) is 23.7 Å². The van der Waals surface area contributed by atoms with Gasteiger partial charge in [0.1, 0.15) is 0 Å². The molecule has 0 unspecified atom stereocenters. The van der Waals surface area contributed by atoms with Crippen molar-refractivity contribution in [2.75, 3.05) is 13.2 Å². The predicted octanol–water partition coefficient (Wildman–Crippen LogP) is 4.11. The highest BCUT2D eigenvalue weighted by Crippen LogP contribution is 2.52. The Kier molecular flexibility index (Phi) is 6.94. The second-order valence-electron chi connectivity index (χ2n) is 7.53. The molecule has 144 valence electrons. The smallest absolute Gasteiger partial charge is 0.240 e. The van der Waals surface area contributed by atoms with Gasteiger partial charge in [-0.25, -0.2) is 13.1 Å².